The summed E-state index contributed by atoms with van der Waals surface area (Å²) in [7, 11) is -16.7. The summed E-state index contributed by atoms with van der Waals surface area (Å²) in [5.74, 6) is 1.67. The number of anilines is 5. The van der Waals surface area contributed by atoms with E-state index in [1.54, 1.807) is 39.3 Å². The van der Waals surface area contributed by atoms with Gasteiger partial charge in [-0.1, -0.05) is 84.0 Å². The van der Waals surface area contributed by atoms with Crippen LogP contribution in [0.25, 0.3) is 0 Å². The molecule has 740 valence electrons. The van der Waals surface area contributed by atoms with Gasteiger partial charge >= 0.3 is 30.2 Å². The fourth-order valence-electron chi connectivity index (χ4n) is 20.1. The Morgan fingerprint density at radius 2 is 0.659 bits per heavy atom. The van der Waals surface area contributed by atoms with E-state index in [-0.39, 0.29) is 61.1 Å². The van der Waals surface area contributed by atoms with Crippen molar-refractivity contribution in [1.29, 1.82) is 0 Å². The summed E-state index contributed by atoms with van der Waals surface area (Å²) in [4.78, 5) is 82.6. The van der Waals surface area contributed by atoms with Crippen LogP contribution in [-0.2, 0) is 178 Å². The molecule has 0 radical (unpaired) electrons. The van der Waals surface area contributed by atoms with Crippen molar-refractivity contribution < 1.29 is 70.8 Å². The lowest BCUT2D eigenvalue weighted by Crippen LogP contribution is -2.35. The van der Waals surface area contributed by atoms with E-state index in [4.69, 9.17) is 4.74 Å². The fraction of sp³-hybridized carbons (Fsp3) is 0.485. The number of ether oxygens (including phenoxy) is 1. The largest absolute Gasteiger partial charge is 0.376 e. The summed E-state index contributed by atoms with van der Waals surface area (Å²) in [6.07, 6.45) is 37.4. The van der Waals surface area contributed by atoms with Crippen molar-refractivity contribution in [3.63, 3.8) is 0 Å². The molecule has 0 bridgehead atoms. The van der Waals surface area contributed by atoms with E-state index in [1.807, 2.05) is 87.4 Å². The molecule has 10 aromatic rings. The number of imidazole rings is 5. The van der Waals surface area contributed by atoms with E-state index in [1.165, 1.54) is 99.0 Å². The molecule has 8 aliphatic carbocycles. The van der Waals surface area contributed by atoms with Crippen LogP contribution in [0.2, 0.25) is 0 Å². The van der Waals surface area contributed by atoms with Crippen LogP contribution in [0.15, 0.2) is 118 Å². The van der Waals surface area contributed by atoms with E-state index < -0.39 is 80.3 Å². The van der Waals surface area contributed by atoms with Crippen LogP contribution in [0.1, 0.15) is 275 Å². The topological polar surface area (TPSA) is 475 Å². The minimum absolute atomic E-state index is 0.0711. The number of amides is 10. The highest BCUT2D eigenvalue weighted by molar-refractivity contribution is 7.91. The van der Waals surface area contributed by atoms with Gasteiger partial charge in [-0.2, -0.15) is 42.1 Å². The van der Waals surface area contributed by atoms with E-state index in [0.29, 0.717) is 23.9 Å². The first-order valence-electron chi connectivity index (χ1n) is 47.7. The average molecular weight is 1990 g/mol. The van der Waals surface area contributed by atoms with Gasteiger partial charge in [0.1, 0.15) is 11.6 Å². The Morgan fingerprint density at radius 1 is 0.362 bits per heavy atom. The smallest absolute Gasteiger partial charge is 0.333 e. The maximum atomic E-state index is 12.8. The first-order chi connectivity index (χ1) is 65.5. The van der Waals surface area contributed by atoms with Gasteiger partial charge in [0, 0.05) is 98.1 Å². The van der Waals surface area contributed by atoms with Crippen LogP contribution in [0.4, 0.5) is 52.4 Å². The molecule has 10 amide bonds. The number of carbonyl (C=O) groups excluding carboxylic acids is 5. The second kappa shape index (κ2) is 41.7. The Hall–Kier alpha value is -11.8. The lowest BCUT2D eigenvalue weighted by Gasteiger charge is -2.20. The second-order valence-corrected chi connectivity index (χ2v) is 46.5. The first-order valence-corrected chi connectivity index (χ1v) is 55.1. The number of benzene rings is 5. The van der Waals surface area contributed by atoms with Gasteiger partial charge in [0.2, 0.25) is 0 Å². The molecule has 138 heavy (non-hydrogen) atoms. The van der Waals surface area contributed by atoms with Crippen molar-refractivity contribution in [2.75, 3.05) is 33.2 Å². The van der Waals surface area contributed by atoms with Gasteiger partial charge in [0.15, 0.2) is 25.1 Å². The number of nitrogens with one attached hydrogen (secondary N) is 10. The summed E-state index contributed by atoms with van der Waals surface area (Å²) < 4.78 is 150. The van der Waals surface area contributed by atoms with Crippen molar-refractivity contribution >= 4 is 109 Å². The second-order valence-electron chi connectivity index (χ2n) is 38.4. The van der Waals surface area contributed by atoms with Gasteiger partial charge < -0.3 is 54.2 Å². The third kappa shape index (κ3) is 22.9. The van der Waals surface area contributed by atoms with Crippen LogP contribution in [0, 0.1) is 6.92 Å². The van der Waals surface area contributed by atoms with Gasteiger partial charge in [-0.3, -0.25) is 0 Å². The molecule has 1 fully saturated rings. The Labute approximate surface area is 807 Å². The number of sulfonamides is 5. The summed E-state index contributed by atoms with van der Waals surface area (Å²) in [5, 5.41) is 13.3. The van der Waals surface area contributed by atoms with Crippen LogP contribution in [-0.4, -0.2) is 133 Å². The molecular weight excluding hydrogens is 1860 g/mol. The van der Waals surface area contributed by atoms with Crippen LogP contribution < -0.4 is 50.2 Å². The van der Waals surface area contributed by atoms with E-state index in [2.05, 4.69) is 99.4 Å². The van der Waals surface area contributed by atoms with Crippen LogP contribution in [0.3, 0.4) is 0 Å². The normalized spacial score (nSPS) is 15.9. The molecule has 1 saturated heterocycles. The molecule has 6 heterocycles. The van der Waals surface area contributed by atoms with E-state index >= 15 is 0 Å². The summed E-state index contributed by atoms with van der Waals surface area (Å²) in [6.45, 7) is 22.7. The van der Waals surface area contributed by atoms with E-state index in [9.17, 15) is 66.1 Å². The lowest BCUT2D eigenvalue weighted by atomic mass is 9.93. The molecule has 5 aromatic heterocycles. The summed E-state index contributed by atoms with van der Waals surface area (Å²) >= 11 is 0. The van der Waals surface area contributed by atoms with Gasteiger partial charge in [0.25, 0.3) is 50.1 Å². The minimum Gasteiger partial charge on any atom is -0.376 e. The number of para-hydroxylation sites is 1. The highest BCUT2D eigenvalue weighted by atomic mass is 32.2. The zero-order valence-corrected chi connectivity index (χ0v) is 84.6. The monoisotopic (exact) mass is 1990 g/mol. The van der Waals surface area contributed by atoms with Crippen LogP contribution >= 0.6 is 0 Å². The quantitative estimate of drug-likeness (QED) is 0.0301. The van der Waals surface area contributed by atoms with Crippen molar-refractivity contribution in [3.05, 3.63) is 204 Å². The molecule has 9 aliphatic rings. The number of rotatable bonds is 22. The van der Waals surface area contributed by atoms with Crippen molar-refractivity contribution in [2.24, 2.45) is 14.1 Å². The van der Waals surface area contributed by atoms with Gasteiger partial charge in [-0.05, 0) is 314 Å². The number of aromatic nitrogens is 10. The van der Waals surface area contributed by atoms with Gasteiger partial charge in [-0.15, -0.1) is 0 Å². The Balaban J connectivity index is 0.000000131. The highest BCUT2D eigenvalue weighted by Gasteiger charge is 2.36. The lowest BCUT2D eigenvalue weighted by molar-refractivity contribution is 0.0964. The Morgan fingerprint density at radius 3 is 0.928 bits per heavy atom. The molecule has 0 spiro atoms. The predicted molar refractivity (Wildman–Crippen MR) is 525 cm³/mol. The Bertz CT molecular complexity index is 6830. The third-order valence-electron chi connectivity index (χ3n) is 26.8. The molecule has 1 unspecified atom stereocenters. The van der Waals surface area contributed by atoms with Gasteiger partial charge in [-0.25, -0.2) is 72.5 Å². The fourth-order valence-corrected chi connectivity index (χ4v) is 24.5. The maximum Gasteiger partial charge on any atom is 0.333 e. The number of hydrogen-bond acceptors (Lipinski definition) is 21. The van der Waals surface area contributed by atoms with Crippen molar-refractivity contribution in [3.8, 4) is 0 Å². The zero-order valence-electron chi connectivity index (χ0n) is 80.5. The standard InChI is InChI=1S/C22H28N4O4S.C20H26N4O3S.C19H24N4O3S.C19H28N4O3S.C17H20N4O3S/c1-14-23-20(13-26(14)12-17-7-4-10-30-17)31(28,29)25-22(27)24-21-18-8-2-5-15(18)11-16-6-3-9-19(16)21;1-12(2)19-21-17(11-24(19)3)28(26,27)23-20(25)22-18-15-8-4-6-13(15)10-14-7-5-9-16(14)18;1-12(2)23-10-17(20-11-23)27(25,26)22-19(24)21-18-15-7-3-5-13(15)9-14-6-4-8-16(14)18;1-12(2)15-8-7-9-16(13(3)4)18(15)21-19(24)22-27(25,26)17-10-23(11-20-17)14(5)6;1-21-9-15(18-10-21)25(23,24)20-17(22)19-16-13-6-2-4-11(13)8-12-5-3-7-14(12)16/h11,13,17H,2-10,12H2,1H3,(H2,24,25,27);10-12H,4-9H2,1-3H3,(H2,22,23,25);9-12H,3-8H2,1-2H3,(H2,21,22,24);7-14H,1-6H3,(H2,21,22,24);8-10H,2-7H2,1H3,(H2,19,20,22). The SMILES string of the molecule is CC(C)c1cccc(C(C)C)c1NC(=O)NS(=O)(=O)c1cn(C(C)C)cn1.CC(C)c1nc(S(=O)(=O)NC(=O)Nc2c3c(cc4c2CCC4)CCC3)cn1C.CC(C)n1cnc(S(=O)(=O)NC(=O)Nc2c3c(cc4c2CCC4)CCC3)c1.Cc1nc(S(=O)(=O)NC(=O)Nc2c3c(cc4c2CCC4)CCC3)cn1CC1CCCO1.Cn1cnc(S(=O)(=O)NC(=O)Nc2c3c(cc4c2CCC4)CCC3)c1. The van der Waals surface area contributed by atoms with Crippen LogP contribution in [0.5, 0.6) is 0 Å². The molecule has 10 N–H and O–H groups in total. The van der Waals surface area contributed by atoms with E-state index in [0.717, 1.165) is 252 Å². The first kappa shape index (κ1) is 101. The number of fused-ring (bicyclic) bond motifs is 8. The molecule has 5 aromatic carbocycles. The Kier molecular flexibility index (Phi) is 30.4. The van der Waals surface area contributed by atoms with Crippen molar-refractivity contribution in [1.82, 2.24) is 71.4 Å². The zero-order chi connectivity index (χ0) is 98.8. The molecule has 0 saturated carbocycles. The number of carbonyl (C=O) groups is 5. The molecule has 19 rings (SSSR count). The maximum absolute atomic E-state index is 12.8. The third-order valence-corrected chi connectivity index (χ3v) is 32.8. The average Bonchev–Trinajstić information content (AvgIpc) is 1.63. The molecule has 41 heteroatoms. The minimum atomic E-state index is -4.08. The molecule has 1 aliphatic heterocycles. The number of urea groups is 5. The molecular formula is C97H126N20O16S5. The summed E-state index contributed by atoms with van der Waals surface area (Å²) in [5.41, 5.74) is 25.4. The highest BCUT2D eigenvalue weighted by Crippen LogP contribution is 2.44. The van der Waals surface area contributed by atoms with Gasteiger partial charge in [0.05, 0.1) is 31.6 Å². The number of hydrogen-bond donors (Lipinski definition) is 10. The number of aryl methyl sites for hydroxylation is 11. The summed E-state index contributed by atoms with van der Waals surface area (Å²) in [6, 6.07) is 11.3. The predicted octanol–water partition coefficient (Wildman–Crippen LogP) is 15.0. The van der Waals surface area contributed by atoms with Crippen molar-refractivity contribution in [2.45, 2.75) is 311 Å². The number of nitrogens with zero attached hydrogens (tertiary/aromatic N) is 10. The molecule has 36 nitrogen and oxygen atoms in total. The molecule has 1 atom stereocenters.